The fourth-order valence-corrected chi connectivity index (χ4v) is 2.17. The Morgan fingerprint density at radius 3 is 2.41 bits per heavy atom. The lowest BCUT2D eigenvalue weighted by Gasteiger charge is -2.18. The van der Waals surface area contributed by atoms with E-state index in [0.29, 0.717) is 22.3 Å². The third-order valence-corrected chi connectivity index (χ3v) is 3.84. The topological polar surface area (TPSA) is 41.6 Å². The molecule has 2 amide bonds. The monoisotopic (exact) mass is 338 g/mol. The van der Waals surface area contributed by atoms with Crippen molar-refractivity contribution >= 4 is 34.9 Å². The van der Waals surface area contributed by atoms with Gasteiger partial charge in [0.1, 0.15) is 5.75 Å². The van der Waals surface area contributed by atoms with Crippen LogP contribution in [-0.4, -0.2) is 25.1 Å². The molecule has 6 heteroatoms. The van der Waals surface area contributed by atoms with Crippen molar-refractivity contribution in [2.75, 3.05) is 19.5 Å². The molecule has 2 aromatic carbocycles. The number of rotatable bonds is 4. The molecule has 0 atom stereocenters. The Hall–Kier alpha value is -1.91. The minimum atomic E-state index is -0.228. The van der Waals surface area contributed by atoms with Crippen molar-refractivity contribution in [2.24, 2.45) is 0 Å². The molecule has 22 heavy (non-hydrogen) atoms. The second kappa shape index (κ2) is 7.38. The number of nitrogens with one attached hydrogen (secondary N) is 1. The summed E-state index contributed by atoms with van der Waals surface area (Å²) < 4.78 is 5.11. The molecule has 0 unspecified atom stereocenters. The lowest BCUT2D eigenvalue weighted by molar-refractivity contribution is 0.220. The average molecular weight is 339 g/mol. The normalized spacial score (nSPS) is 10.2. The van der Waals surface area contributed by atoms with Gasteiger partial charge in [0.15, 0.2) is 0 Å². The predicted octanol–water partition coefficient (Wildman–Crippen LogP) is 4.67. The van der Waals surface area contributed by atoms with E-state index >= 15 is 0 Å². The molecule has 1 N–H and O–H groups in total. The second-order valence-electron chi connectivity index (χ2n) is 4.76. The molecule has 0 bridgehead atoms. The van der Waals surface area contributed by atoms with E-state index in [1.165, 1.54) is 0 Å². The smallest absolute Gasteiger partial charge is 0.321 e. The summed E-state index contributed by atoms with van der Waals surface area (Å²) >= 11 is 11.8. The van der Waals surface area contributed by atoms with Crippen molar-refractivity contribution in [3.05, 3.63) is 58.1 Å². The zero-order valence-electron chi connectivity index (χ0n) is 12.3. The van der Waals surface area contributed by atoms with Crippen LogP contribution in [0.1, 0.15) is 5.56 Å². The zero-order chi connectivity index (χ0) is 16.1. The Balaban J connectivity index is 1.97. The lowest BCUT2D eigenvalue weighted by atomic mass is 10.2. The molecule has 0 aliphatic rings. The van der Waals surface area contributed by atoms with E-state index in [9.17, 15) is 4.79 Å². The number of urea groups is 1. The molecule has 0 heterocycles. The number of hydrogen-bond donors (Lipinski definition) is 1. The average Bonchev–Trinajstić information content (AvgIpc) is 2.51. The summed E-state index contributed by atoms with van der Waals surface area (Å²) in [6.07, 6.45) is 0. The van der Waals surface area contributed by atoms with Crippen LogP contribution in [0.25, 0.3) is 0 Å². The van der Waals surface area contributed by atoms with Crippen LogP contribution in [-0.2, 0) is 6.54 Å². The van der Waals surface area contributed by atoms with Crippen molar-refractivity contribution in [3.8, 4) is 5.75 Å². The van der Waals surface area contributed by atoms with Gasteiger partial charge in [0.05, 0.1) is 17.2 Å². The highest BCUT2D eigenvalue weighted by Gasteiger charge is 2.10. The van der Waals surface area contributed by atoms with Crippen molar-refractivity contribution in [3.63, 3.8) is 0 Å². The predicted molar refractivity (Wildman–Crippen MR) is 89.9 cm³/mol. The Morgan fingerprint density at radius 1 is 1.14 bits per heavy atom. The van der Waals surface area contributed by atoms with Crippen LogP contribution >= 0.6 is 23.2 Å². The highest BCUT2D eigenvalue weighted by molar-refractivity contribution is 6.42. The van der Waals surface area contributed by atoms with Crippen LogP contribution in [0.15, 0.2) is 42.5 Å². The van der Waals surface area contributed by atoms with Gasteiger partial charge >= 0.3 is 6.03 Å². The minimum Gasteiger partial charge on any atom is -0.497 e. The Kier molecular flexibility index (Phi) is 5.52. The van der Waals surface area contributed by atoms with Crippen LogP contribution in [0.4, 0.5) is 10.5 Å². The second-order valence-corrected chi connectivity index (χ2v) is 5.58. The molecule has 2 aromatic rings. The highest BCUT2D eigenvalue weighted by atomic mass is 35.5. The Morgan fingerprint density at radius 2 is 1.82 bits per heavy atom. The van der Waals surface area contributed by atoms with Crippen molar-refractivity contribution < 1.29 is 9.53 Å². The standard InChI is InChI=1S/C16H16Cl2N2O2/c1-20(10-11-3-6-13(22-2)7-4-11)16(21)19-12-5-8-14(17)15(18)9-12/h3-9H,10H2,1-2H3,(H,19,21). The first-order valence-electron chi connectivity index (χ1n) is 6.59. The first-order valence-corrected chi connectivity index (χ1v) is 7.35. The number of halogens is 2. The van der Waals surface area contributed by atoms with E-state index in [4.69, 9.17) is 27.9 Å². The molecule has 0 spiro atoms. The maximum atomic E-state index is 12.2. The first-order chi connectivity index (χ1) is 10.5. The molecule has 2 rings (SSSR count). The van der Waals surface area contributed by atoms with Gasteiger partial charge in [0.25, 0.3) is 0 Å². The summed E-state index contributed by atoms with van der Waals surface area (Å²) in [7, 11) is 3.34. The number of carbonyl (C=O) groups is 1. The molecule has 116 valence electrons. The molecular weight excluding hydrogens is 323 g/mol. The van der Waals surface area contributed by atoms with Crippen molar-refractivity contribution in [1.29, 1.82) is 0 Å². The van der Waals surface area contributed by atoms with Crippen LogP contribution in [0.5, 0.6) is 5.75 Å². The number of nitrogens with zero attached hydrogens (tertiary/aromatic N) is 1. The third-order valence-electron chi connectivity index (χ3n) is 3.10. The Bertz CT molecular complexity index is 660. The maximum Gasteiger partial charge on any atom is 0.321 e. The van der Waals surface area contributed by atoms with Gasteiger partial charge in [-0.25, -0.2) is 4.79 Å². The summed E-state index contributed by atoms with van der Waals surface area (Å²) in [5.74, 6) is 0.784. The summed E-state index contributed by atoms with van der Waals surface area (Å²) in [6, 6.07) is 12.3. The van der Waals surface area contributed by atoms with Gasteiger partial charge in [-0.05, 0) is 35.9 Å². The number of benzene rings is 2. The van der Waals surface area contributed by atoms with E-state index in [-0.39, 0.29) is 6.03 Å². The van der Waals surface area contributed by atoms with E-state index in [0.717, 1.165) is 11.3 Å². The summed E-state index contributed by atoms with van der Waals surface area (Å²) in [5, 5.41) is 3.62. The summed E-state index contributed by atoms with van der Waals surface area (Å²) in [4.78, 5) is 13.7. The number of anilines is 1. The van der Waals surface area contributed by atoms with Crippen molar-refractivity contribution in [1.82, 2.24) is 4.90 Å². The molecule has 0 aliphatic carbocycles. The van der Waals surface area contributed by atoms with Crippen LogP contribution in [0.2, 0.25) is 10.0 Å². The number of carbonyl (C=O) groups excluding carboxylic acids is 1. The van der Waals surface area contributed by atoms with Gasteiger partial charge in [-0.15, -0.1) is 0 Å². The lowest BCUT2D eigenvalue weighted by Crippen LogP contribution is -2.30. The van der Waals surface area contributed by atoms with Gasteiger partial charge in [0, 0.05) is 19.3 Å². The van der Waals surface area contributed by atoms with Crippen LogP contribution in [0, 0.1) is 0 Å². The van der Waals surface area contributed by atoms with Gasteiger partial charge in [-0.1, -0.05) is 35.3 Å². The number of hydrogen-bond acceptors (Lipinski definition) is 2. The third kappa shape index (κ3) is 4.29. The quantitative estimate of drug-likeness (QED) is 0.880. The molecule has 0 aliphatic heterocycles. The fraction of sp³-hybridized carbons (Fsp3) is 0.188. The molecule has 0 fully saturated rings. The first kappa shape index (κ1) is 16.5. The molecule has 0 aromatic heterocycles. The van der Waals surface area contributed by atoms with Gasteiger partial charge < -0.3 is 15.0 Å². The van der Waals surface area contributed by atoms with Gasteiger partial charge in [-0.2, -0.15) is 0 Å². The van der Waals surface area contributed by atoms with E-state index < -0.39 is 0 Å². The maximum absolute atomic E-state index is 12.2. The number of ether oxygens (including phenoxy) is 1. The molecular formula is C16H16Cl2N2O2. The number of amides is 2. The summed E-state index contributed by atoms with van der Waals surface area (Å²) in [6.45, 7) is 0.483. The molecule has 0 saturated heterocycles. The van der Waals surface area contributed by atoms with Gasteiger partial charge in [0.2, 0.25) is 0 Å². The SMILES string of the molecule is COc1ccc(CN(C)C(=O)Nc2ccc(Cl)c(Cl)c2)cc1. The number of methoxy groups -OCH3 is 1. The largest absolute Gasteiger partial charge is 0.497 e. The molecule has 0 saturated carbocycles. The van der Waals surface area contributed by atoms with E-state index in [2.05, 4.69) is 5.32 Å². The highest BCUT2D eigenvalue weighted by Crippen LogP contribution is 2.25. The summed E-state index contributed by atoms with van der Waals surface area (Å²) in [5.41, 5.74) is 1.61. The Labute approximate surface area is 139 Å². The zero-order valence-corrected chi connectivity index (χ0v) is 13.8. The van der Waals surface area contributed by atoms with Crippen LogP contribution < -0.4 is 10.1 Å². The fourth-order valence-electron chi connectivity index (χ4n) is 1.87. The molecule has 0 radical (unpaired) electrons. The van der Waals surface area contributed by atoms with Crippen LogP contribution in [0.3, 0.4) is 0 Å². The van der Waals surface area contributed by atoms with Crippen molar-refractivity contribution in [2.45, 2.75) is 6.54 Å². The van der Waals surface area contributed by atoms with E-state index in [1.807, 2.05) is 24.3 Å². The van der Waals surface area contributed by atoms with Gasteiger partial charge in [-0.3, -0.25) is 0 Å². The van der Waals surface area contributed by atoms with E-state index in [1.54, 1.807) is 37.3 Å². The molecule has 4 nitrogen and oxygen atoms in total. The minimum absolute atomic E-state index is 0.228.